The molecule has 0 aromatic heterocycles. The second-order valence-corrected chi connectivity index (χ2v) is 30.9. The van der Waals surface area contributed by atoms with Gasteiger partial charge in [0.2, 0.25) is 0 Å². The van der Waals surface area contributed by atoms with Crippen LogP contribution >= 0.6 is 15.6 Å². The second kappa shape index (κ2) is 71.5. The van der Waals surface area contributed by atoms with Crippen LogP contribution in [-0.2, 0) is 65.4 Å². The Morgan fingerprint density at radius 3 is 0.867 bits per heavy atom. The predicted molar refractivity (Wildman–Crippen MR) is 400 cm³/mol. The molecular weight excluding hydrogens is 1280 g/mol. The van der Waals surface area contributed by atoms with Crippen molar-refractivity contribution in [3.05, 3.63) is 24.3 Å². The van der Waals surface area contributed by atoms with E-state index in [4.69, 9.17) is 37.0 Å². The zero-order chi connectivity index (χ0) is 71.9. The van der Waals surface area contributed by atoms with Gasteiger partial charge in [-0.15, -0.1) is 0 Å². The first-order chi connectivity index (χ1) is 47.6. The molecule has 0 rings (SSSR count). The Hall–Kier alpha value is -2.46. The SMILES string of the molecule is CCCCCC/C=C\C=C/CCCCCCCC(=O)OC[C@H](COP(=O)(O)OC[C@@H](O)COP(=O)(O)OC[C@@H](COC(=O)CCCCCCCCCCCC)OC(=O)CCCCCCCCCCC(C)CC)OC(=O)CCCCCCCCCCCCCCCCCCCCCCC. The molecule has 3 unspecified atom stereocenters. The standard InChI is InChI=1S/C79H150O17P2/c1-6-10-13-16-19-22-25-27-29-30-31-32-33-34-36-38-40-43-49-54-59-64-78(83)95-74(68-90-77(82)63-58-53-48-42-39-37-35-28-26-23-20-17-14-11-7-2)70-93-97(85,86)91-66-73(80)67-92-98(87,88)94-71-75(69-89-76(81)62-57-52-47-41-24-21-18-15-12-8-3)96-79(84)65-60-55-50-45-44-46-51-56-61-72(5)9-4/h23,26,28,35,72-75,80H,6-22,24-25,27,29-34,36-71H2,1-5H3,(H,85,86)(H,87,88)/b26-23-,35-28-/t72?,73-,74-,75-/m1/s1. The summed E-state index contributed by atoms with van der Waals surface area (Å²) in [6.45, 7) is 7.23. The lowest BCUT2D eigenvalue weighted by atomic mass is 9.99. The van der Waals surface area contributed by atoms with Gasteiger partial charge in [-0.2, -0.15) is 0 Å². The number of carbonyl (C=O) groups excluding carboxylic acids is 4. The fraction of sp³-hybridized carbons (Fsp3) is 0.899. The number of aliphatic hydroxyl groups is 1. The van der Waals surface area contributed by atoms with Crippen LogP contribution in [0.3, 0.4) is 0 Å². The largest absolute Gasteiger partial charge is 0.472 e. The summed E-state index contributed by atoms with van der Waals surface area (Å²) in [5, 5.41) is 10.6. The molecule has 0 saturated carbocycles. The van der Waals surface area contributed by atoms with Gasteiger partial charge in [0.25, 0.3) is 0 Å². The van der Waals surface area contributed by atoms with Gasteiger partial charge in [0.05, 0.1) is 26.4 Å². The van der Waals surface area contributed by atoms with Gasteiger partial charge >= 0.3 is 39.5 Å². The molecule has 17 nitrogen and oxygen atoms in total. The van der Waals surface area contributed by atoms with E-state index in [0.717, 1.165) is 115 Å². The minimum absolute atomic E-state index is 0.102. The molecule has 0 aromatic rings. The number of phosphoric ester groups is 2. The molecule has 0 radical (unpaired) electrons. The molecule has 19 heteroatoms. The van der Waals surface area contributed by atoms with Gasteiger partial charge < -0.3 is 33.8 Å². The number of aliphatic hydroxyl groups excluding tert-OH is 1. The summed E-state index contributed by atoms with van der Waals surface area (Å²) in [5.74, 6) is -1.38. The molecule has 0 bridgehead atoms. The third-order valence-corrected chi connectivity index (χ3v) is 20.2. The van der Waals surface area contributed by atoms with E-state index in [0.29, 0.717) is 25.7 Å². The molecular formula is C79H150O17P2. The average Bonchev–Trinajstić information content (AvgIpc) is 2.94. The summed E-state index contributed by atoms with van der Waals surface area (Å²) in [5.41, 5.74) is 0. The van der Waals surface area contributed by atoms with E-state index in [1.54, 1.807) is 0 Å². The normalized spacial score (nSPS) is 14.3. The maximum atomic E-state index is 13.1. The van der Waals surface area contributed by atoms with Crippen LogP contribution in [0.4, 0.5) is 0 Å². The van der Waals surface area contributed by atoms with Crippen molar-refractivity contribution in [1.82, 2.24) is 0 Å². The van der Waals surface area contributed by atoms with Crippen LogP contribution in [0.1, 0.15) is 394 Å². The quantitative estimate of drug-likeness (QED) is 0.0169. The fourth-order valence-corrected chi connectivity index (χ4v) is 13.2. The lowest BCUT2D eigenvalue weighted by molar-refractivity contribution is -0.161. The Morgan fingerprint density at radius 1 is 0.327 bits per heavy atom. The number of hydrogen-bond donors (Lipinski definition) is 3. The first-order valence-corrected chi connectivity index (χ1v) is 43.5. The van der Waals surface area contributed by atoms with E-state index in [9.17, 15) is 43.2 Å². The van der Waals surface area contributed by atoms with Crippen molar-refractivity contribution in [3.63, 3.8) is 0 Å². The number of carbonyl (C=O) groups is 4. The van der Waals surface area contributed by atoms with Gasteiger partial charge in [-0.05, 0) is 57.3 Å². The summed E-state index contributed by atoms with van der Waals surface area (Å²) in [4.78, 5) is 72.9. The van der Waals surface area contributed by atoms with Crippen molar-refractivity contribution in [2.24, 2.45) is 5.92 Å². The monoisotopic (exact) mass is 1430 g/mol. The molecule has 0 saturated heterocycles. The van der Waals surface area contributed by atoms with Crippen LogP contribution in [-0.4, -0.2) is 96.7 Å². The molecule has 0 aliphatic heterocycles. The summed E-state index contributed by atoms with van der Waals surface area (Å²) < 4.78 is 68.5. The summed E-state index contributed by atoms with van der Waals surface area (Å²) >= 11 is 0. The fourth-order valence-electron chi connectivity index (χ4n) is 11.7. The summed E-state index contributed by atoms with van der Waals surface area (Å²) in [6, 6.07) is 0. The van der Waals surface area contributed by atoms with Crippen LogP contribution in [0, 0.1) is 5.92 Å². The number of allylic oxidation sites excluding steroid dienone is 4. The zero-order valence-corrected chi connectivity index (χ0v) is 65.2. The van der Waals surface area contributed by atoms with E-state index in [-0.39, 0.29) is 25.7 Å². The van der Waals surface area contributed by atoms with Gasteiger partial charge in [0.15, 0.2) is 12.2 Å². The van der Waals surface area contributed by atoms with E-state index >= 15 is 0 Å². The van der Waals surface area contributed by atoms with Crippen LogP contribution < -0.4 is 0 Å². The summed E-state index contributed by atoms with van der Waals surface area (Å²) in [7, 11) is -9.92. The van der Waals surface area contributed by atoms with E-state index in [2.05, 4.69) is 58.9 Å². The van der Waals surface area contributed by atoms with Crippen molar-refractivity contribution < 1.29 is 80.2 Å². The van der Waals surface area contributed by atoms with E-state index in [1.807, 2.05) is 0 Å². The van der Waals surface area contributed by atoms with Crippen molar-refractivity contribution in [2.75, 3.05) is 39.6 Å². The number of hydrogen-bond acceptors (Lipinski definition) is 15. The first-order valence-electron chi connectivity index (χ1n) is 40.5. The highest BCUT2D eigenvalue weighted by Crippen LogP contribution is 2.45. The molecule has 0 amide bonds. The number of esters is 4. The van der Waals surface area contributed by atoms with Crippen molar-refractivity contribution >= 4 is 39.5 Å². The number of unbranched alkanes of at least 4 members (excludes halogenated alkanes) is 45. The van der Waals surface area contributed by atoms with Crippen molar-refractivity contribution in [1.29, 1.82) is 0 Å². The molecule has 0 aromatic carbocycles. The molecule has 578 valence electrons. The van der Waals surface area contributed by atoms with Crippen LogP contribution in [0.2, 0.25) is 0 Å². The Morgan fingerprint density at radius 2 is 0.571 bits per heavy atom. The van der Waals surface area contributed by atoms with Gasteiger partial charge in [0, 0.05) is 25.7 Å². The van der Waals surface area contributed by atoms with Crippen molar-refractivity contribution in [3.8, 4) is 0 Å². The Labute approximate surface area is 599 Å². The molecule has 6 atom stereocenters. The topological polar surface area (TPSA) is 237 Å². The minimum atomic E-state index is -4.97. The minimum Gasteiger partial charge on any atom is -0.462 e. The van der Waals surface area contributed by atoms with Crippen LogP contribution in [0.15, 0.2) is 24.3 Å². The number of ether oxygens (including phenoxy) is 4. The van der Waals surface area contributed by atoms with Gasteiger partial charge in [-0.25, -0.2) is 9.13 Å². The maximum Gasteiger partial charge on any atom is 0.472 e. The van der Waals surface area contributed by atoms with Crippen molar-refractivity contribution in [2.45, 2.75) is 412 Å². The van der Waals surface area contributed by atoms with Gasteiger partial charge in [-0.1, -0.05) is 341 Å². The lowest BCUT2D eigenvalue weighted by Crippen LogP contribution is -2.30. The average molecular weight is 1430 g/mol. The highest BCUT2D eigenvalue weighted by molar-refractivity contribution is 7.47. The first kappa shape index (κ1) is 95.5. The van der Waals surface area contributed by atoms with Gasteiger partial charge in [-0.3, -0.25) is 37.3 Å². The Balaban J connectivity index is 5.24. The highest BCUT2D eigenvalue weighted by Gasteiger charge is 2.30. The van der Waals surface area contributed by atoms with Crippen LogP contribution in [0.25, 0.3) is 0 Å². The molecule has 3 N–H and O–H groups in total. The summed E-state index contributed by atoms with van der Waals surface area (Å²) in [6.07, 6.45) is 64.7. The zero-order valence-electron chi connectivity index (χ0n) is 63.4. The predicted octanol–water partition coefficient (Wildman–Crippen LogP) is 23.2. The third kappa shape index (κ3) is 70.6. The molecule has 98 heavy (non-hydrogen) atoms. The highest BCUT2D eigenvalue weighted by atomic mass is 31.2. The molecule has 0 fully saturated rings. The molecule has 0 aliphatic carbocycles. The molecule has 0 spiro atoms. The number of phosphoric acid groups is 2. The maximum absolute atomic E-state index is 13.1. The lowest BCUT2D eigenvalue weighted by Gasteiger charge is -2.21. The third-order valence-electron chi connectivity index (χ3n) is 18.3. The molecule has 0 heterocycles. The number of rotatable bonds is 77. The molecule has 0 aliphatic rings. The second-order valence-electron chi connectivity index (χ2n) is 28.0. The van der Waals surface area contributed by atoms with E-state index in [1.165, 1.54) is 199 Å². The van der Waals surface area contributed by atoms with E-state index < -0.39 is 97.5 Å². The smallest absolute Gasteiger partial charge is 0.462 e. The Kier molecular flexibility index (Phi) is 69.7. The Bertz CT molecular complexity index is 1970. The van der Waals surface area contributed by atoms with Gasteiger partial charge in [0.1, 0.15) is 19.3 Å². The van der Waals surface area contributed by atoms with Crippen LogP contribution in [0.5, 0.6) is 0 Å².